The predicted octanol–water partition coefficient (Wildman–Crippen LogP) is 3.04. The van der Waals surface area contributed by atoms with E-state index in [1.54, 1.807) is 11.3 Å². The van der Waals surface area contributed by atoms with Crippen LogP contribution in [-0.2, 0) is 0 Å². The van der Waals surface area contributed by atoms with Crippen LogP contribution < -0.4 is 4.90 Å². The van der Waals surface area contributed by atoms with Gasteiger partial charge in [-0.15, -0.1) is 11.3 Å². The van der Waals surface area contributed by atoms with Gasteiger partial charge < -0.3 is 4.90 Å². The second-order valence-electron chi connectivity index (χ2n) is 3.82. The maximum Gasteiger partial charge on any atom is 0.186 e. The Morgan fingerprint density at radius 3 is 2.38 bits per heavy atom. The zero-order valence-electron chi connectivity index (χ0n) is 7.24. The summed E-state index contributed by atoms with van der Waals surface area (Å²) in [5, 5.41) is 3.30. The van der Waals surface area contributed by atoms with Crippen molar-refractivity contribution in [3.63, 3.8) is 0 Å². The molecule has 70 valence electrons. The molecule has 2 aliphatic heterocycles. The SMILES string of the molecule is Brc1csc(N2C3CCC2CC3)n1. The highest BCUT2D eigenvalue weighted by atomic mass is 79.9. The molecule has 1 aromatic rings. The molecule has 0 radical (unpaired) electrons. The van der Waals surface area contributed by atoms with Gasteiger partial charge in [-0.2, -0.15) is 0 Å². The molecule has 2 aliphatic rings. The molecule has 2 saturated heterocycles. The van der Waals surface area contributed by atoms with Crippen molar-refractivity contribution in [1.29, 1.82) is 0 Å². The van der Waals surface area contributed by atoms with Crippen LogP contribution in [-0.4, -0.2) is 17.1 Å². The lowest BCUT2D eigenvalue weighted by atomic mass is 10.0. The Morgan fingerprint density at radius 2 is 1.92 bits per heavy atom. The van der Waals surface area contributed by atoms with Gasteiger partial charge in [0.25, 0.3) is 0 Å². The molecule has 0 unspecified atom stereocenters. The smallest absolute Gasteiger partial charge is 0.186 e. The summed E-state index contributed by atoms with van der Waals surface area (Å²) >= 11 is 5.17. The minimum Gasteiger partial charge on any atom is -0.342 e. The molecule has 2 nitrogen and oxygen atoms in total. The van der Waals surface area contributed by atoms with Crippen LogP contribution in [0.25, 0.3) is 0 Å². The minimum atomic E-state index is 0.794. The lowest BCUT2D eigenvalue weighted by molar-refractivity contribution is 0.576. The quantitative estimate of drug-likeness (QED) is 0.770. The first-order chi connectivity index (χ1) is 6.34. The van der Waals surface area contributed by atoms with E-state index in [1.165, 1.54) is 30.8 Å². The molecule has 1 aromatic heterocycles. The molecule has 0 amide bonds. The van der Waals surface area contributed by atoms with E-state index in [9.17, 15) is 0 Å². The molecule has 0 atom stereocenters. The Bertz CT molecular complexity index is 305. The van der Waals surface area contributed by atoms with E-state index in [1.807, 2.05) is 0 Å². The molecule has 13 heavy (non-hydrogen) atoms. The zero-order chi connectivity index (χ0) is 8.84. The van der Waals surface area contributed by atoms with Crippen molar-refractivity contribution >= 4 is 32.4 Å². The van der Waals surface area contributed by atoms with Crippen LogP contribution in [0.2, 0.25) is 0 Å². The highest BCUT2D eigenvalue weighted by Crippen LogP contribution is 2.42. The number of thiazole rings is 1. The van der Waals surface area contributed by atoms with Gasteiger partial charge in [-0.1, -0.05) is 0 Å². The van der Waals surface area contributed by atoms with Gasteiger partial charge in [0.2, 0.25) is 0 Å². The van der Waals surface area contributed by atoms with Gasteiger partial charge in [0.15, 0.2) is 5.13 Å². The summed E-state index contributed by atoms with van der Waals surface area (Å²) in [4.78, 5) is 7.03. The second kappa shape index (κ2) is 2.95. The highest BCUT2D eigenvalue weighted by molar-refractivity contribution is 9.10. The highest BCUT2D eigenvalue weighted by Gasteiger charge is 2.40. The van der Waals surface area contributed by atoms with Crippen LogP contribution in [0.15, 0.2) is 9.98 Å². The van der Waals surface area contributed by atoms with E-state index in [-0.39, 0.29) is 0 Å². The number of nitrogens with zero attached hydrogens (tertiary/aromatic N) is 2. The van der Waals surface area contributed by atoms with Crippen molar-refractivity contribution < 1.29 is 0 Å². The van der Waals surface area contributed by atoms with Crippen molar-refractivity contribution in [3.8, 4) is 0 Å². The maximum absolute atomic E-state index is 4.49. The van der Waals surface area contributed by atoms with Crippen molar-refractivity contribution in [3.05, 3.63) is 9.98 Å². The Balaban J connectivity index is 1.93. The minimum absolute atomic E-state index is 0.794. The average molecular weight is 259 g/mol. The van der Waals surface area contributed by atoms with E-state index in [0.29, 0.717) is 0 Å². The average Bonchev–Trinajstić information content (AvgIpc) is 2.78. The third-order valence-electron chi connectivity index (χ3n) is 3.14. The Hall–Kier alpha value is -0.0900. The summed E-state index contributed by atoms with van der Waals surface area (Å²) in [7, 11) is 0. The van der Waals surface area contributed by atoms with Crippen molar-refractivity contribution in [1.82, 2.24) is 4.98 Å². The van der Waals surface area contributed by atoms with Crippen molar-refractivity contribution in [2.45, 2.75) is 37.8 Å². The molecule has 0 aliphatic carbocycles. The molecule has 3 heterocycles. The second-order valence-corrected chi connectivity index (χ2v) is 5.47. The summed E-state index contributed by atoms with van der Waals surface area (Å²) in [5.41, 5.74) is 0. The summed E-state index contributed by atoms with van der Waals surface area (Å²) in [6.07, 6.45) is 5.51. The molecular formula is C9H11BrN2S. The molecule has 3 rings (SSSR count). The van der Waals surface area contributed by atoms with Gasteiger partial charge in [0.05, 0.1) is 0 Å². The third-order valence-corrected chi connectivity index (χ3v) is 4.70. The summed E-state index contributed by atoms with van der Waals surface area (Å²) in [5.74, 6) is 0. The van der Waals surface area contributed by atoms with Gasteiger partial charge in [0.1, 0.15) is 4.60 Å². The van der Waals surface area contributed by atoms with Gasteiger partial charge in [-0.3, -0.25) is 0 Å². The Labute approximate surface area is 90.1 Å². The van der Waals surface area contributed by atoms with E-state index in [4.69, 9.17) is 0 Å². The first kappa shape index (κ1) is 8.24. The maximum atomic E-state index is 4.49. The van der Waals surface area contributed by atoms with E-state index in [0.717, 1.165) is 16.7 Å². The van der Waals surface area contributed by atoms with Crippen LogP contribution in [0.4, 0.5) is 5.13 Å². The van der Waals surface area contributed by atoms with Crippen LogP contribution in [0.1, 0.15) is 25.7 Å². The Morgan fingerprint density at radius 1 is 1.31 bits per heavy atom. The number of rotatable bonds is 1. The first-order valence-corrected chi connectivity index (χ1v) is 6.41. The number of aromatic nitrogens is 1. The zero-order valence-corrected chi connectivity index (χ0v) is 9.64. The number of hydrogen-bond acceptors (Lipinski definition) is 3. The van der Waals surface area contributed by atoms with Gasteiger partial charge in [0, 0.05) is 17.5 Å². The Kier molecular flexibility index (Phi) is 1.87. The molecule has 2 fully saturated rings. The topological polar surface area (TPSA) is 16.1 Å². The lowest BCUT2D eigenvalue weighted by Crippen LogP contribution is -2.27. The van der Waals surface area contributed by atoms with Crippen molar-refractivity contribution in [2.75, 3.05) is 4.90 Å². The van der Waals surface area contributed by atoms with Crippen molar-refractivity contribution in [2.24, 2.45) is 0 Å². The monoisotopic (exact) mass is 258 g/mol. The van der Waals surface area contributed by atoms with E-state index < -0.39 is 0 Å². The van der Waals surface area contributed by atoms with E-state index in [2.05, 4.69) is 31.2 Å². The number of halogens is 1. The lowest BCUT2D eigenvalue weighted by Gasteiger charge is -2.20. The largest absolute Gasteiger partial charge is 0.342 e. The molecule has 0 saturated carbocycles. The standard InChI is InChI=1S/C9H11BrN2S/c10-8-5-13-9(11-8)12-6-1-2-7(12)4-3-6/h5-7H,1-4H2. The normalized spacial score (nSPS) is 31.6. The molecular weight excluding hydrogens is 248 g/mol. The van der Waals surface area contributed by atoms with Gasteiger partial charge in [-0.05, 0) is 41.6 Å². The molecule has 0 spiro atoms. The third kappa shape index (κ3) is 1.22. The first-order valence-electron chi connectivity index (χ1n) is 4.74. The number of fused-ring (bicyclic) bond motifs is 2. The van der Waals surface area contributed by atoms with Gasteiger partial charge in [-0.25, -0.2) is 4.98 Å². The predicted molar refractivity (Wildman–Crippen MR) is 58.3 cm³/mol. The summed E-state index contributed by atoms with van der Waals surface area (Å²) in [6, 6.07) is 1.59. The molecule has 2 bridgehead atoms. The van der Waals surface area contributed by atoms with E-state index >= 15 is 0 Å². The fourth-order valence-electron chi connectivity index (χ4n) is 2.59. The molecule has 0 N–H and O–H groups in total. The van der Waals surface area contributed by atoms with Gasteiger partial charge >= 0.3 is 0 Å². The van der Waals surface area contributed by atoms with Crippen LogP contribution >= 0.6 is 27.3 Å². The summed E-state index contributed by atoms with van der Waals surface area (Å²) in [6.45, 7) is 0. The van der Waals surface area contributed by atoms with Crippen LogP contribution in [0, 0.1) is 0 Å². The molecule has 4 heteroatoms. The number of hydrogen-bond donors (Lipinski definition) is 0. The number of anilines is 1. The summed E-state index contributed by atoms with van der Waals surface area (Å²) < 4.78 is 0.985. The fraction of sp³-hybridized carbons (Fsp3) is 0.667. The molecule has 0 aromatic carbocycles. The van der Waals surface area contributed by atoms with Crippen LogP contribution in [0.3, 0.4) is 0 Å². The van der Waals surface area contributed by atoms with Crippen LogP contribution in [0.5, 0.6) is 0 Å². The fourth-order valence-corrected chi connectivity index (χ4v) is 3.98.